The summed E-state index contributed by atoms with van der Waals surface area (Å²) in [6.07, 6.45) is 1.49. The van der Waals surface area contributed by atoms with E-state index in [2.05, 4.69) is 5.32 Å². The van der Waals surface area contributed by atoms with Crippen molar-refractivity contribution < 1.29 is 14.3 Å². The molecule has 136 valence electrons. The number of carbonyl (C=O) groups excluding carboxylic acids is 1. The minimum Gasteiger partial charge on any atom is -0.493 e. The second-order valence-electron chi connectivity index (χ2n) is 5.90. The van der Waals surface area contributed by atoms with Gasteiger partial charge in [0, 0.05) is 5.69 Å². The fraction of sp³-hybridized carbons (Fsp3) is 0.316. The zero-order valence-corrected chi connectivity index (χ0v) is 15.6. The third kappa shape index (κ3) is 5.66. The molecule has 5 nitrogen and oxygen atoms in total. The molecule has 0 fully saturated rings. The number of carbonyl (C=O) groups is 1. The van der Waals surface area contributed by atoms with Gasteiger partial charge in [-0.3, -0.25) is 4.79 Å². The molecule has 0 aliphatic heterocycles. The third-order valence-electron chi connectivity index (χ3n) is 3.70. The van der Waals surface area contributed by atoms with Crippen molar-refractivity contribution in [3.8, 4) is 17.2 Å². The number of hydrogen-bond acceptors (Lipinski definition) is 4. The van der Waals surface area contributed by atoms with Gasteiger partial charge < -0.3 is 20.5 Å². The summed E-state index contributed by atoms with van der Waals surface area (Å²) in [6.45, 7) is 3.74. The van der Waals surface area contributed by atoms with E-state index >= 15 is 0 Å². The molecule has 1 atom stereocenters. The van der Waals surface area contributed by atoms with Crippen molar-refractivity contribution >= 4 is 24.0 Å². The van der Waals surface area contributed by atoms with Crippen LogP contribution in [0.3, 0.4) is 0 Å². The molecule has 25 heavy (non-hydrogen) atoms. The Morgan fingerprint density at radius 3 is 2.28 bits per heavy atom. The molecule has 2 aromatic carbocycles. The van der Waals surface area contributed by atoms with Crippen LogP contribution in [-0.2, 0) is 4.79 Å². The Hall–Kier alpha value is -2.24. The van der Waals surface area contributed by atoms with Crippen molar-refractivity contribution in [1.29, 1.82) is 0 Å². The molecule has 0 aliphatic carbocycles. The Labute approximate surface area is 154 Å². The number of nitrogens with one attached hydrogen (secondary N) is 1. The van der Waals surface area contributed by atoms with Gasteiger partial charge in [-0.05, 0) is 49.7 Å². The first kappa shape index (κ1) is 20.8. The number of para-hydroxylation sites is 2. The summed E-state index contributed by atoms with van der Waals surface area (Å²) in [4.78, 5) is 12.2. The van der Waals surface area contributed by atoms with E-state index in [1.165, 1.54) is 0 Å². The van der Waals surface area contributed by atoms with Crippen LogP contribution in [0.1, 0.15) is 26.7 Å². The number of halogens is 1. The van der Waals surface area contributed by atoms with Crippen LogP contribution in [0, 0.1) is 0 Å². The zero-order valence-electron chi connectivity index (χ0n) is 14.7. The fourth-order valence-electron chi connectivity index (χ4n) is 2.34. The van der Waals surface area contributed by atoms with Crippen LogP contribution in [0.4, 0.5) is 5.69 Å². The van der Waals surface area contributed by atoms with E-state index in [1.54, 1.807) is 38.3 Å². The maximum atomic E-state index is 12.2. The SMILES string of the molecule is CCCC(C)(N)C(=O)Nc1ccc(Oc2ccccc2OC)cc1.Cl. The van der Waals surface area contributed by atoms with Gasteiger partial charge in [-0.2, -0.15) is 0 Å². The van der Waals surface area contributed by atoms with Crippen LogP contribution < -0.4 is 20.5 Å². The molecule has 0 spiro atoms. The van der Waals surface area contributed by atoms with Gasteiger partial charge in [0.15, 0.2) is 11.5 Å². The van der Waals surface area contributed by atoms with Gasteiger partial charge in [-0.1, -0.05) is 25.5 Å². The molecule has 0 radical (unpaired) electrons. The molecular weight excluding hydrogens is 340 g/mol. The molecule has 2 rings (SSSR count). The lowest BCUT2D eigenvalue weighted by Crippen LogP contribution is -2.48. The van der Waals surface area contributed by atoms with Crippen molar-refractivity contribution in [1.82, 2.24) is 0 Å². The Morgan fingerprint density at radius 1 is 1.12 bits per heavy atom. The molecule has 6 heteroatoms. The predicted octanol–water partition coefficient (Wildman–Crippen LogP) is 4.37. The van der Waals surface area contributed by atoms with E-state index in [-0.39, 0.29) is 18.3 Å². The molecule has 1 unspecified atom stereocenters. The highest BCUT2D eigenvalue weighted by atomic mass is 35.5. The van der Waals surface area contributed by atoms with Gasteiger partial charge in [0.1, 0.15) is 5.75 Å². The number of ether oxygens (including phenoxy) is 2. The van der Waals surface area contributed by atoms with Gasteiger partial charge in [0.05, 0.1) is 12.6 Å². The summed E-state index contributed by atoms with van der Waals surface area (Å²) >= 11 is 0. The van der Waals surface area contributed by atoms with E-state index in [1.807, 2.05) is 31.2 Å². The van der Waals surface area contributed by atoms with Gasteiger partial charge in [0.25, 0.3) is 0 Å². The molecular formula is C19H25ClN2O3. The maximum absolute atomic E-state index is 12.2. The molecule has 0 saturated heterocycles. The van der Waals surface area contributed by atoms with Gasteiger partial charge >= 0.3 is 0 Å². The summed E-state index contributed by atoms with van der Waals surface area (Å²) in [5.41, 5.74) is 5.84. The van der Waals surface area contributed by atoms with E-state index in [4.69, 9.17) is 15.2 Å². The predicted molar refractivity (Wildman–Crippen MR) is 103 cm³/mol. The first-order valence-electron chi connectivity index (χ1n) is 7.97. The van der Waals surface area contributed by atoms with Crippen molar-refractivity contribution in [3.05, 3.63) is 48.5 Å². The Balaban J connectivity index is 0.00000312. The lowest BCUT2D eigenvalue weighted by Gasteiger charge is -2.22. The number of methoxy groups -OCH3 is 1. The first-order chi connectivity index (χ1) is 11.5. The van der Waals surface area contributed by atoms with Crippen LogP contribution in [0.25, 0.3) is 0 Å². The quantitative estimate of drug-likeness (QED) is 0.765. The molecule has 0 saturated carbocycles. The highest BCUT2D eigenvalue weighted by molar-refractivity contribution is 5.97. The summed E-state index contributed by atoms with van der Waals surface area (Å²) in [7, 11) is 1.60. The fourth-order valence-corrected chi connectivity index (χ4v) is 2.34. The van der Waals surface area contributed by atoms with E-state index < -0.39 is 5.54 Å². The minimum atomic E-state index is -0.874. The molecule has 1 amide bonds. The lowest BCUT2D eigenvalue weighted by atomic mass is 9.96. The second-order valence-corrected chi connectivity index (χ2v) is 5.90. The van der Waals surface area contributed by atoms with Gasteiger partial charge in [-0.15, -0.1) is 12.4 Å². The Bertz CT molecular complexity index is 687. The molecule has 0 heterocycles. The average Bonchev–Trinajstić information content (AvgIpc) is 2.57. The molecule has 2 aromatic rings. The van der Waals surface area contributed by atoms with E-state index in [9.17, 15) is 4.79 Å². The lowest BCUT2D eigenvalue weighted by molar-refractivity contribution is -0.120. The number of nitrogens with two attached hydrogens (primary N) is 1. The second kappa shape index (κ2) is 9.30. The van der Waals surface area contributed by atoms with Crippen LogP contribution in [-0.4, -0.2) is 18.6 Å². The number of rotatable bonds is 7. The minimum absolute atomic E-state index is 0. The molecule has 0 bridgehead atoms. The monoisotopic (exact) mass is 364 g/mol. The standard InChI is InChI=1S/C19H24N2O3.ClH/c1-4-13-19(2,20)18(22)21-14-9-11-15(12-10-14)24-17-8-6-5-7-16(17)23-3;/h5-12H,4,13,20H2,1-3H3,(H,21,22);1H. The van der Waals surface area contributed by atoms with Crippen LogP contribution >= 0.6 is 12.4 Å². The zero-order chi connectivity index (χ0) is 17.6. The average molecular weight is 365 g/mol. The summed E-state index contributed by atoms with van der Waals surface area (Å²) in [5, 5.41) is 2.84. The highest BCUT2D eigenvalue weighted by Gasteiger charge is 2.27. The molecule has 3 N–H and O–H groups in total. The first-order valence-corrected chi connectivity index (χ1v) is 7.97. The normalized spacial score (nSPS) is 12.5. The van der Waals surface area contributed by atoms with Crippen LogP contribution in [0.2, 0.25) is 0 Å². The maximum Gasteiger partial charge on any atom is 0.244 e. The highest BCUT2D eigenvalue weighted by Crippen LogP contribution is 2.31. The number of benzene rings is 2. The number of hydrogen-bond donors (Lipinski definition) is 2. The summed E-state index contributed by atoms with van der Waals surface area (Å²) in [6, 6.07) is 14.6. The van der Waals surface area contributed by atoms with Crippen LogP contribution in [0.5, 0.6) is 17.2 Å². The topological polar surface area (TPSA) is 73.6 Å². The van der Waals surface area contributed by atoms with Crippen LogP contribution in [0.15, 0.2) is 48.5 Å². The van der Waals surface area contributed by atoms with Gasteiger partial charge in [-0.25, -0.2) is 0 Å². The van der Waals surface area contributed by atoms with Crippen molar-refractivity contribution in [2.45, 2.75) is 32.2 Å². The van der Waals surface area contributed by atoms with Gasteiger partial charge in [0.2, 0.25) is 5.91 Å². The third-order valence-corrected chi connectivity index (χ3v) is 3.70. The largest absolute Gasteiger partial charge is 0.493 e. The Morgan fingerprint density at radius 2 is 1.72 bits per heavy atom. The van der Waals surface area contributed by atoms with Crippen molar-refractivity contribution in [2.75, 3.05) is 12.4 Å². The van der Waals surface area contributed by atoms with Crippen molar-refractivity contribution in [3.63, 3.8) is 0 Å². The summed E-state index contributed by atoms with van der Waals surface area (Å²) < 4.78 is 11.1. The number of amides is 1. The van der Waals surface area contributed by atoms with E-state index in [0.717, 1.165) is 6.42 Å². The smallest absolute Gasteiger partial charge is 0.244 e. The van der Waals surface area contributed by atoms with Crippen molar-refractivity contribution in [2.24, 2.45) is 5.73 Å². The number of anilines is 1. The molecule has 0 aliphatic rings. The molecule has 0 aromatic heterocycles. The Kier molecular flexibility index (Phi) is 7.74. The van der Waals surface area contributed by atoms with E-state index in [0.29, 0.717) is 29.4 Å². The summed E-state index contributed by atoms with van der Waals surface area (Å²) in [5.74, 6) is 1.76.